The Morgan fingerprint density at radius 2 is 2.33 bits per heavy atom. The molecular formula is C10H10BrN2O2+. The Balaban J connectivity index is 2.86. The lowest BCUT2D eigenvalue weighted by atomic mass is 10.1. The van der Waals surface area contributed by atoms with Gasteiger partial charge in [-0.25, -0.2) is 0 Å². The van der Waals surface area contributed by atoms with Gasteiger partial charge in [-0.2, -0.15) is 0 Å². The molecule has 78 valence electrons. The maximum atomic E-state index is 11.2. The maximum absolute atomic E-state index is 11.2. The Kier molecular flexibility index (Phi) is 4.25. The normalized spacial score (nSPS) is 9.40. The van der Waals surface area contributed by atoms with Gasteiger partial charge in [-0.3, -0.25) is 4.79 Å². The third kappa shape index (κ3) is 3.33. The lowest BCUT2D eigenvalue weighted by molar-refractivity contribution is -0.142. The molecule has 0 atom stereocenters. The van der Waals surface area contributed by atoms with E-state index in [0.29, 0.717) is 17.9 Å². The number of ether oxygens (including phenoxy) is 1. The van der Waals surface area contributed by atoms with Gasteiger partial charge in [-0.05, 0) is 19.1 Å². The molecule has 0 unspecified atom stereocenters. The summed E-state index contributed by atoms with van der Waals surface area (Å²) in [6.07, 6.45) is 0.112. The van der Waals surface area contributed by atoms with Crippen LogP contribution < -0.4 is 0 Å². The van der Waals surface area contributed by atoms with Crippen molar-refractivity contribution in [3.63, 3.8) is 0 Å². The highest BCUT2D eigenvalue weighted by molar-refractivity contribution is 9.10. The topological polar surface area (TPSA) is 54.5 Å². The van der Waals surface area contributed by atoms with Crippen molar-refractivity contribution in [1.29, 1.82) is 5.39 Å². The molecule has 1 aromatic rings. The van der Waals surface area contributed by atoms with E-state index in [4.69, 9.17) is 10.1 Å². The van der Waals surface area contributed by atoms with Gasteiger partial charge in [0.05, 0.1) is 18.6 Å². The zero-order chi connectivity index (χ0) is 11.3. The number of carbonyl (C=O) groups excluding carboxylic acids is 1. The quantitative estimate of drug-likeness (QED) is 0.626. The van der Waals surface area contributed by atoms with Crippen LogP contribution in [0.1, 0.15) is 12.5 Å². The molecular weight excluding hydrogens is 260 g/mol. The first-order valence-electron chi connectivity index (χ1n) is 4.46. The molecule has 0 heterocycles. The van der Waals surface area contributed by atoms with E-state index in [-0.39, 0.29) is 12.4 Å². The van der Waals surface area contributed by atoms with Crippen LogP contribution in [0.2, 0.25) is 0 Å². The lowest BCUT2D eigenvalue weighted by Crippen LogP contribution is -2.07. The second-order valence-electron chi connectivity index (χ2n) is 2.85. The molecule has 0 fully saturated rings. The zero-order valence-corrected chi connectivity index (χ0v) is 9.82. The molecule has 4 nitrogen and oxygen atoms in total. The van der Waals surface area contributed by atoms with Gasteiger partial charge in [0.15, 0.2) is 4.98 Å². The maximum Gasteiger partial charge on any atom is 0.389 e. The summed E-state index contributed by atoms with van der Waals surface area (Å²) in [6, 6.07) is 5.13. The molecule has 0 bridgehead atoms. The molecule has 0 saturated heterocycles. The molecule has 0 aromatic heterocycles. The lowest BCUT2D eigenvalue weighted by Gasteiger charge is -1.99. The van der Waals surface area contributed by atoms with E-state index in [9.17, 15) is 4.79 Å². The van der Waals surface area contributed by atoms with Crippen molar-refractivity contribution in [1.82, 2.24) is 0 Å². The summed E-state index contributed by atoms with van der Waals surface area (Å²) in [5.41, 5.74) is 1.01. The third-order valence-corrected chi connectivity index (χ3v) is 2.29. The van der Waals surface area contributed by atoms with Crippen molar-refractivity contribution in [2.45, 2.75) is 13.3 Å². The summed E-state index contributed by atoms with van der Waals surface area (Å²) in [6.45, 7) is 2.10. The van der Waals surface area contributed by atoms with Crippen LogP contribution in [-0.4, -0.2) is 12.6 Å². The number of nitrogens with zero attached hydrogens (tertiary/aromatic N) is 2. The fraction of sp³-hybridized carbons (Fsp3) is 0.300. The van der Waals surface area contributed by atoms with Crippen molar-refractivity contribution >= 4 is 27.6 Å². The second-order valence-corrected chi connectivity index (χ2v) is 3.77. The summed E-state index contributed by atoms with van der Waals surface area (Å²) in [5.74, 6) is -0.329. The molecule has 0 aliphatic heterocycles. The van der Waals surface area contributed by atoms with Crippen molar-refractivity contribution in [2.75, 3.05) is 6.61 Å². The van der Waals surface area contributed by atoms with E-state index in [2.05, 4.69) is 20.9 Å². The van der Waals surface area contributed by atoms with Crippen molar-refractivity contribution in [3.05, 3.63) is 33.2 Å². The van der Waals surface area contributed by atoms with Crippen LogP contribution in [-0.2, 0) is 16.0 Å². The SMILES string of the molecule is CCOC(=O)Cc1ccc(Br)cc1[N+]#N. The van der Waals surface area contributed by atoms with E-state index in [0.717, 1.165) is 4.47 Å². The number of halogens is 1. The van der Waals surface area contributed by atoms with Gasteiger partial charge in [-0.15, -0.1) is 0 Å². The van der Waals surface area contributed by atoms with Crippen molar-refractivity contribution < 1.29 is 9.53 Å². The first kappa shape index (κ1) is 11.7. The standard InChI is InChI=1S/C10H10BrN2O2/c1-2-15-10(14)5-7-3-4-8(11)6-9(7)13-12/h3-4,6H,2,5H2,1H3/q+1. The van der Waals surface area contributed by atoms with Crippen LogP contribution in [0.3, 0.4) is 0 Å². The van der Waals surface area contributed by atoms with Gasteiger partial charge in [0, 0.05) is 10.5 Å². The first-order chi connectivity index (χ1) is 7.17. The summed E-state index contributed by atoms with van der Waals surface area (Å²) in [7, 11) is 0. The molecule has 0 aliphatic carbocycles. The van der Waals surface area contributed by atoms with Crippen LogP contribution in [0.25, 0.3) is 4.98 Å². The van der Waals surface area contributed by atoms with Gasteiger partial charge in [0.2, 0.25) is 5.39 Å². The summed E-state index contributed by atoms with van der Waals surface area (Å²) in [5, 5.41) is 8.74. The number of hydrogen-bond acceptors (Lipinski definition) is 3. The monoisotopic (exact) mass is 269 g/mol. The van der Waals surface area contributed by atoms with Crippen molar-refractivity contribution in [2.24, 2.45) is 0 Å². The highest BCUT2D eigenvalue weighted by atomic mass is 79.9. The van der Waals surface area contributed by atoms with E-state index < -0.39 is 0 Å². The Hall–Kier alpha value is -1.41. The minimum absolute atomic E-state index is 0.112. The largest absolute Gasteiger partial charge is 0.466 e. The van der Waals surface area contributed by atoms with Crippen LogP contribution in [0, 0.1) is 5.39 Å². The second kappa shape index (κ2) is 5.47. The molecule has 1 aromatic carbocycles. The zero-order valence-electron chi connectivity index (χ0n) is 8.24. The molecule has 0 radical (unpaired) electrons. The van der Waals surface area contributed by atoms with Gasteiger partial charge in [0.25, 0.3) is 0 Å². The predicted molar refractivity (Wildman–Crippen MR) is 59.2 cm³/mol. The van der Waals surface area contributed by atoms with Gasteiger partial charge >= 0.3 is 11.7 Å². The Labute approximate surface area is 96.0 Å². The number of diazo groups is 1. The number of hydrogen-bond donors (Lipinski definition) is 0. The molecule has 0 amide bonds. The highest BCUT2D eigenvalue weighted by Crippen LogP contribution is 2.24. The molecule has 0 aliphatic rings. The predicted octanol–water partition coefficient (Wildman–Crippen LogP) is 3.04. The van der Waals surface area contributed by atoms with Gasteiger partial charge in [0.1, 0.15) is 0 Å². The fourth-order valence-corrected chi connectivity index (χ4v) is 1.50. The number of benzene rings is 1. The summed E-state index contributed by atoms with van der Waals surface area (Å²) < 4.78 is 5.60. The van der Waals surface area contributed by atoms with Crippen LogP contribution >= 0.6 is 15.9 Å². The van der Waals surface area contributed by atoms with Crippen LogP contribution in [0.15, 0.2) is 22.7 Å². The summed E-state index contributed by atoms with van der Waals surface area (Å²) >= 11 is 3.25. The third-order valence-electron chi connectivity index (χ3n) is 1.80. The Morgan fingerprint density at radius 3 is 2.93 bits per heavy atom. The molecule has 5 heteroatoms. The first-order valence-corrected chi connectivity index (χ1v) is 5.25. The Morgan fingerprint density at radius 1 is 1.60 bits per heavy atom. The van der Waals surface area contributed by atoms with E-state index in [1.54, 1.807) is 25.1 Å². The van der Waals surface area contributed by atoms with Crippen LogP contribution in [0.5, 0.6) is 0 Å². The van der Waals surface area contributed by atoms with E-state index >= 15 is 0 Å². The molecule has 0 spiro atoms. The number of esters is 1. The highest BCUT2D eigenvalue weighted by Gasteiger charge is 2.17. The average Bonchev–Trinajstić information content (AvgIpc) is 2.21. The summed E-state index contributed by atoms with van der Waals surface area (Å²) in [4.78, 5) is 14.3. The smallest absolute Gasteiger partial charge is 0.389 e. The average molecular weight is 270 g/mol. The fourth-order valence-electron chi connectivity index (χ4n) is 1.15. The van der Waals surface area contributed by atoms with Crippen molar-refractivity contribution in [3.8, 4) is 0 Å². The molecule has 0 N–H and O–H groups in total. The van der Waals surface area contributed by atoms with E-state index in [1.807, 2.05) is 0 Å². The molecule has 15 heavy (non-hydrogen) atoms. The van der Waals surface area contributed by atoms with Gasteiger partial charge < -0.3 is 4.74 Å². The number of rotatable bonds is 3. The number of carbonyl (C=O) groups is 1. The minimum Gasteiger partial charge on any atom is -0.466 e. The molecule has 1 rings (SSSR count). The molecule has 0 saturated carbocycles. The van der Waals surface area contributed by atoms with Gasteiger partial charge in [-0.1, -0.05) is 15.9 Å². The minimum atomic E-state index is -0.329. The van der Waals surface area contributed by atoms with E-state index in [1.165, 1.54) is 0 Å². The van der Waals surface area contributed by atoms with Crippen LogP contribution in [0.4, 0.5) is 5.69 Å². The Bertz CT molecular complexity index is 412.